The van der Waals surface area contributed by atoms with Crippen molar-refractivity contribution < 1.29 is 14.7 Å². The summed E-state index contributed by atoms with van der Waals surface area (Å²) in [6.45, 7) is 3.16. The van der Waals surface area contributed by atoms with Gasteiger partial charge in [0.2, 0.25) is 0 Å². The number of hydrogen-bond acceptors (Lipinski definition) is 3. The van der Waals surface area contributed by atoms with Crippen LogP contribution in [0.3, 0.4) is 0 Å². The van der Waals surface area contributed by atoms with Crippen LogP contribution in [0.5, 0.6) is 0 Å². The number of aryl methyl sites for hydroxylation is 1. The summed E-state index contributed by atoms with van der Waals surface area (Å²) in [5.41, 5.74) is 0.639. The molecule has 0 saturated heterocycles. The molecule has 0 spiro atoms. The van der Waals surface area contributed by atoms with Gasteiger partial charge in [-0.2, -0.15) is 0 Å². The van der Waals surface area contributed by atoms with Crippen molar-refractivity contribution in [3.63, 3.8) is 0 Å². The Morgan fingerprint density at radius 1 is 1.38 bits per heavy atom. The van der Waals surface area contributed by atoms with Gasteiger partial charge >= 0.3 is 5.97 Å². The first-order chi connectivity index (χ1) is 10.1. The zero-order valence-corrected chi connectivity index (χ0v) is 12.4. The second kappa shape index (κ2) is 6.90. The Morgan fingerprint density at radius 3 is 2.90 bits per heavy atom. The lowest BCUT2D eigenvalue weighted by Gasteiger charge is -2.06. The number of nitrogens with one attached hydrogen (secondary N) is 1. The minimum absolute atomic E-state index is 0.113. The van der Waals surface area contributed by atoms with Crippen LogP contribution in [0, 0.1) is 0 Å². The van der Waals surface area contributed by atoms with Crippen LogP contribution in [-0.2, 0) is 17.9 Å². The first-order valence-electron chi connectivity index (χ1n) is 6.53. The average molecular weight is 304 g/mol. The molecule has 2 rings (SSSR count). The van der Waals surface area contributed by atoms with Gasteiger partial charge in [0.15, 0.2) is 0 Å². The van der Waals surface area contributed by atoms with Crippen LogP contribution < -0.4 is 5.32 Å². The number of carbonyl (C=O) groups excluding carboxylic acids is 1. The topological polar surface area (TPSA) is 71.3 Å². The first kappa shape index (κ1) is 15.1. The van der Waals surface area contributed by atoms with E-state index >= 15 is 0 Å². The number of nitrogens with zero attached hydrogens (tertiary/aromatic N) is 1. The summed E-state index contributed by atoms with van der Waals surface area (Å²) in [7, 11) is 0. The molecule has 110 valence electrons. The van der Waals surface area contributed by atoms with E-state index in [0.717, 1.165) is 22.4 Å². The predicted octanol–water partition coefficient (Wildman–Crippen LogP) is 2.60. The molecule has 2 N–H and O–H groups in total. The molecule has 0 unspecified atom stereocenters. The third-order valence-electron chi connectivity index (χ3n) is 2.90. The fourth-order valence-electron chi connectivity index (χ4n) is 1.89. The molecule has 1 amide bonds. The SMILES string of the molecule is CCn1cccc1C(=O)NCc1ccc(C=CC(=O)O)s1. The number of aromatic nitrogens is 1. The highest BCUT2D eigenvalue weighted by atomic mass is 32.1. The van der Waals surface area contributed by atoms with Gasteiger partial charge in [-0.05, 0) is 37.3 Å². The van der Waals surface area contributed by atoms with E-state index in [2.05, 4.69) is 5.32 Å². The summed E-state index contributed by atoms with van der Waals surface area (Å²) in [5, 5.41) is 11.4. The van der Waals surface area contributed by atoms with E-state index in [4.69, 9.17) is 5.11 Å². The summed E-state index contributed by atoms with van der Waals surface area (Å²) >= 11 is 1.45. The van der Waals surface area contributed by atoms with Crippen LogP contribution in [0.1, 0.15) is 27.2 Å². The molecule has 5 nitrogen and oxygen atoms in total. The highest BCUT2D eigenvalue weighted by molar-refractivity contribution is 7.12. The molecule has 0 aliphatic heterocycles. The number of carboxylic acid groups (broad SMARTS) is 1. The second-order valence-electron chi connectivity index (χ2n) is 4.34. The van der Waals surface area contributed by atoms with Crippen LogP contribution >= 0.6 is 11.3 Å². The Labute approximate surface area is 126 Å². The van der Waals surface area contributed by atoms with Gasteiger partial charge < -0.3 is 15.0 Å². The molecule has 6 heteroatoms. The van der Waals surface area contributed by atoms with Gasteiger partial charge in [0.25, 0.3) is 5.91 Å². The van der Waals surface area contributed by atoms with Crippen molar-refractivity contribution in [2.24, 2.45) is 0 Å². The van der Waals surface area contributed by atoms with Crippen molar-refractivity contribution >= 4 is 29.3 Å². The van der Waals surface area contributed by atoms with Crippen molar-refractivity contribution in [1.29, 1.82) is 0 Å². The standard InChI is InChI=1S/C15H16N2O3S/c1-2-17-9-3-4-13(17)15(20)16-10-12-6-5-11(21-12)7-8-14(18)19/h3-9H,2,10H2,1H3,(H,16,20)(H,18,19). The van der Waals surface area contributed by atoms with Gasteiger partial charge in [-0.1, -0.05) is 0 Å². The van der Waals surface area contributed by atoms with Crippen LogP contribution in [0.4, 0.5) is 0 Å². The maximum absolute atomic E-state index is 12.1. The van der Waals surface area contributed by atoms with Gasteiger partial charge in [0.05, 0.1) is 6.54 Å². The molecule has 21 heavy (non-hydrogen) atoms. The number of carbonyl (C=O) groups is 2. The normalized spacial score (nSPS) is 10.9. The van der Waals surface area contributed by atoms with Crippen LogP contribution in [0.2, 0.25) is 0 Å². The lowest BCUT2D eigenvalue weighted by molar-refractivity contribution is -0.131. The van der Waals surface area contributed by atoms with E-state index in [-0.39, 0.29) is 5.91 Å². The smallest absolute Gasteiger partial charge is 0.328 e. The molecule has 0 aromatic carbocycles. The summed E-state index contributed by atoms with van der Waals surface area (Å²) in [6.07, 6.45) is 4.51. The molecule has 0 aliphatic carbocycles. The fraction of sp³-hybridized carbons (Fsp3) is 0.200. The van der Waals surface area contributed by atoms with Crippen molar-refractivity contribution in [2.75, 3.05) is 0 Å². The largest absolute Gasteiger partial charge is 0.478 e. The van der Waals surface area contributed by atoms with Gasteiger partial charge in [-0.15, -0.1) is 11.3 Å². The van der Waals surface area contributed by atoms with Gasteiger partial charge in [0.1, 0.15) is 5.69 Å². The first-order valence-corrected chi connectivity index (χ1v) is 7.35. The highest BCUT2D eigenvalue weighted by Gasteiger charge is 2.09. The monoisotopic (exact) mass is 304 g/mol. The molecule has 2 aromatic heterocycles. The number of thiophene rings is 1. The zero-order valence-electron chi connectivity index (χ0n) is 11.6. The van der Waals surface area contributed by atoms with Crippen molar-refractivity contribution in [2.45, 2.75) is 20.0 Å². The van der Waals surface area contributed by atoms with Gasteiger partial charge in [0, 0.05) is 28.6 Å². The molecule has 2 aromatic rings. The maximum atomic E-state index is 12.1. The van der Waals surface area contributed by atoms with E-state index in [1.54, 1.807) is 12.1 Å². The Kier molecular flexibility index (Phi) is 4.94. The van der Waals surface area contributed by atoms with Gasteiger partial charge in [-0.25, -0.2) is 4.79 Å². The fourth-order valence-corrected chi connectivity index (χ4v) is 2.74. The molecule has 0 fully saturated rings. The molecular weight excluding hydrogens is 288 g/mol. The second-order valence-corrected chi connectivity index (χ2v) is 5.54. The van der Waals surface area contributed by atoms with E-state index in [1.165, 1.54) is 11.3 Å². The van der Waals surface area contributed by atoms with Crippen LogP contribution in [0.15, 0.2) is 36.5 Å². The van der Waals surface area contributed by atoms with E-state index < -0.39 is 5.97 Å². The van der Waals surface area contributed by atoms with E-state index in [0.29, 0.717) is 12.2 Å². The minimum Gasteiger partial charge on any atom is -0.478 e. The number of amides is 1. The Hall–Kier alpha value is -2.34. The number of rotatable bonds is 6. The summed E-state index contributed by atoms with van der Waals surface area (Å²) < 4.78 is 1.88. The van der Waals surface area contributed by atoms with E-state index in [1.807, 2.05) is 35.9 Å². The lowest BCUT2D eigenvalue weighted by atomic mass is 10.3. The molecule has 0 radical (unpaired) electrons. The van der Waals surface area contributed by atoms with Crippen LogP contribution in [0.25, 0.3) is 6.08 Å². The Balaban J connectivity index is 1.94. The highest BCUT2D eigenvalue weighted by Crippen LogP contribution is 2.18. The minimum atomic E-state index is -0.974. The quantitative estimate of drug-likeness (QED) is 0.806. The van der Waals surface area contributed by atoms with E-state index in [9.17, 15) is 9.59 Å². The molecule has 0 aliphatic rings. The Bertz CT molecular complexity index is 670. The summed E-state index contributed by atoms with van der Waals surface area (Å²) in [6, 6.07) is 7.35. The third-order valence-corrected chi connectivity index (χ3v) is 3.95. The number of hydrogen-bond donors (Lipinski definition) is 2. The van der Waals surface area contributed by atoms with Crippen molar-refractivity contribution in [3.05, 3.63) is 52.0 Å². The number of aliphatic carboxylic acids is 1. The predicted molar refractivity (Wildman–Crippen MR) is 82.3 cm³/mol. The summed E-state index contributed by atoms with van der Waals surface area (Å²) in [5.74, 6) is -1.09. The van der Waals surface area contributed by atoms with Crippen LogP contribution in [-0.4, -0.2) is 21.6 Å². The molecule has 0 saturated carbocycles. The maximum Gasteiger partial charge on any atom is 0.328 e. The molecule has 2 heterocycles. The zero-order chi connectivity index (χ0) is 15.2. The van der Waals surface area contributed by atoms with Gasteiger partial charge in [-0.3, -0.25) is 4.79 Å². The molecular formula is C15H16N2O3S. The lowest BCUT2D eigenvalue weighted by Crippen LogP contribution is -2.24. The Morgan fingerprint density at radius 2 is 2.19 bits per heavy atom. The molecule has 0 bridgehead atoms. The average Bonchev–Trinajstić information content (AvgIpc) is 3.11. The molecule has 0 atom stereocenters. The summed E-state index contributed by atoms with van der Waals surface area (Å²) in [4.78, 5) is 24.3. The van der Waals surface area contributed by atoms with Crippen molar-refractivity contribution in [3.8, 4) is 0 Å². The third kappa shape index (κ3) is 4.06. The van der Waals surface area contributed by atoms with Crippen molar-refractivity contribution in [1.82, 2.24) is 9.88 Å². The number of carboxylic acids is 1.